The van der Waals surface area contributed by atoms with Crippen molar-refractivity contribution in [2.75, 3.05) is 0 Å². The van der Waals surface area contributed by atoms with Gasteiger partial charge < -0.3 is 5.11 Å². The molecule has 0 aliphatic heterocycles. The average Bonchev–Trinajstić information content (AvgIpc) is 2.15. The molecule has 1 heterocycles. The van der Waals surface area contributed by atoms with Crippen molar-refractivity contribution < 1.29 is 9.90 Å². The molecule has 1 aromatic rings. The van der Waals surface area contributed by atoms with Crippen LogP contribution in [0.15, 0.2) is 18.3 Å². The molecule has 0 aliphatic rings. The minimum Gasteiger partial charge on any atom is -0.478 e. The van der Waals surface area contributed by atoms with Gasteiger partial charge in [-0.25, -0.2) is 4.79 Å². The number of aromatic carboxylic acids is 1. The molecule has 3 nitrogen and oxygen atoms in total. The normalized spacial score (nSPS) is 9.15. The summed E-state index contributed by atoms with van der Waals surface area (Å²) in [6.45, 7) is 0. The second-order valence-corrected chi connectivity index (χ2v) is 2.55. The Balaban J connectivity index is 2.71. The van der Waals surface area contributed by atoms with Gasteiger partial charge in [-0.05, 0) is 12.1 Å². The zero-order chi connectivity index (χ0) is 9.68. The summed E-state index contributed by atoms with van der Waals surface area (Å²) in [6.07, 6.45) is 7.74. The number of hydrogen-bond donors (Lipinski definition) is 1. The highest BCUT2D eigenvalue weighted by Gasteiger charge is 2.01. The topological polar surface area (TPSA) is 50.2 Å². The fraction of sp³-hybridized carbons (Fsp3) is 0.200. The number of aromatic nitrogens is 1. The molecule has 1 N–H and O–H groups in total. The Morgan fingerprint density at radius 2 is 2.38 bits per heavy atom. The van der Waals surface area contributed by atoms with Gasteiger partial charge in [0.05, 0.1) is 5.56 Å². The molecule has 0 spiro atoms. The second-order valence-electron chi connectivity index (χ2n) is 2.55. The van der Waals surface area contributed by atoms with Crippen LogP contribution >= 0.6 is 0 Å². The first-order valence-corrected chi connectivity index (χ1v) is 3.85. The van der Waals surface area contributed by atoms with Crippen LogP contribution in [-0.4, -0.2) is 16.1 Å². The van der Waals surface area contributed by atoms with E-state index in [0.717, 1.165) is 5.69 Å². The Kier molecular flexibility index (Phi) is 3.04. The maximum atomic E-state index is 10.5. The summed E-state index contributed by atoms with van der Waals surface area (Å²) in [5.74, 6) is 1.54. The molecular weight excluding hydrogens is 166 g/mol. The minimum atomic E-state index is -0.962. The lowest BCUT2D eigenvalue weighted by Crippen LogP contribution is -1.98. The highest BCUT2D eigenvalue weighted by atomic mass is 16.4. The van der Waals surface area contributed by atoms with E-state index < -0.39 is 5.97 Å². The third-order valence-corrected chi connectivity index (χ3v) is 1.60. The molecule has 0 saturated heterocycles. The molecule has 0 bridgehead atoms. The molecule has 0 unspecified atom stereocenters. The molecule has 1 rings (SSSR count). The van der Waals surface area contributed by atoms with Gasteiger partial charge in [0.2, 0.25) is 0 Å². The lowest BCUT2D eigenvalue weighted by Gasteiger charge is -1.97. The molecule has 0 aliphatic carbocycles. The summed E-state index contributed by atoms with van der Waals surface area (Å²) < 4.78 is 0. The summed E-state index contributed by atoms with van der Waals surface area (Å²) in [5, 5.41) is 8.58. The summed E-state index contributed by atoms with van der Waals surface area (Å²) in [4.78, 5) is 14.4. The Bertz CT molecular complexity index is 335. The number of rotatable bonds is 3. The number of hydrogen-bond acceptors (Lipinski definition) is 2. The molecule has 3 heteroatoms. The molecule has 0 aromatic carbocycles. The van der Waals surface area contributed by atoms with E-state index in [4.69, 9.17) is 11.5 Å². The largest absolute Gasteiger partial charge is 0.478 e. The van der Waals surface area contributed by atoms with Gasteiger partial charge in [0.15, 0.2) is 0 Å². The maximum absolute atomic E-state index is 10.5. The Labute approximate surface area is 76.4 Å². The van der Waals surface area contributed by atoms with E-state index in [-0.39, 0.29) is 5.56 Å². The number of aryl methyl sites for hydroxylation is 1. The maximum Gasteiger partial charge on any atom is 0.337 e. The highest BCUT2D eigenvalue weighted by molar-refractivity contribution is 5.87. The third kappa shape index (κ3) is 2.60. The molecule has 0 radical (unpaired) electrons. The molecule has 0 atom stereocenters. The fourth-order valence-corrected chi connectivity index (χ4v) is 0.899. The van der Waals surface area contributed by atoms with Crippen molar-refractivity contribution in [1.29, 1.82) is 0 Å². The van der Waals surface area contributed by atoms with Crippen LogP contribution in [0.25, 0.3) is 0 Å². The summed E-state index contributed by atoms with van der Waals surface area (Å²) >= 11 is 0. The zero-order valence-corrected chi connectivity index (χ0v) is 7.03. The first-order valence-electron chi connectivity index (χ1n) is 3.85. The standard InChI is InChI=1S/C10H9NO2/c1-2-3-4-9-6-5-8(7-11-9)10(12)13/h1,5-7H,3-4H2,(H,12,13). The summed E-state index contributed by atoms with van der Waals surface area (Å²) in [6, 6.07) is 3.21. The van der Waals surface area contributed by atoms with Crippen LogP contribution in [0.5, 0.6) is 0 Å². The number of carboxylic acid groups (broad SMARTS) is 1. The molecule has 0 amide bonds. The quantitative estimate of drug-likeness (QED) is 0.705. The molecule has 66 valence electrons. The lowest BCUT2D eigenvalue weighted by molar-refractivity contribution is 0.0696. The number of carboxylic acids is 1. The van der Waals surface area contributed by atoms with Crippen molar-refractivity contribution in [1.82, 2.24) is 4.98 Å². The van der Waals surface area contributed by atoms with Crippen molar-refractivity contribution in [2.24, 2.45) is 0 Å². The van der Waals surface area contributed by atoms with Gasteiger partial charge in [0.1, 0.15) is 0 Å². The van der Waals surface area contributed by atoms with Crippen molar-refractivity contribution in [3.05, 3.63) is 29.6 Å². The molecular formula is C10H9NO2. The van der Waals surface area contributed by atoms with E-state index in [1.807, 2.05) is 0 Å². The monoisotopic (exact) mass is 175 g/mol. The molecule has 13 heavy (non-hydrogen) atoms. The van der Waals surface area contributed by atoms with Crippen LogP contribution < -0.4 is 0 Å². The van der Waals surface area contributed by atoms with Gasteiger partial charge in [-0.2, -0.15) is 0 Å². The average molecular weight is 175 g/mol. The van der Waals surface area contributed by atoms with Crippen molar-refractivity contribution in [3.63, 3.8) is 0 Å². The third-order valence-electron chi connectivity index (χ3n) is 1.60. The second kappa shape index (κ2) is 4.27. The van der Waals surface area contributed by atoms with Crippen LogP contribution in [0.2, 0.25) is 0 Å². The Morgan fingerprint density at radius 3 is 2.85 bits per heavy atom. The predicted octanol–water partition coefficient (Wildman–Crippen LogP) is 1.35. The van der Waals surface area contributed by atoms with Crippen LogP contribution in [0.1, 0.15) is 22.5 Å². The predicted molar refractivity (Wildman–Crippen MR) is 48.4 cm³/mol. The molecule has 0 saturated carbocycles. The van der Waals surface area contributed by atoms with Gasteiger partial charge in [0.25, 0.3) is 0 Å². The zero-order valence-electron chi connectivity index (χ0n) is 7.03. The van der Waals surface area contributed by atoms with Crippen molar-refractivity contribution in [3.8, 4) is 12.3 Å². The van der Waals surface area contributed by atoms with Crippen LogP contribution in [-0.2, 0) is 6.42 Å². The number of terminal acetylenes is 1. The van der Waals surface area contributed by atoms with Gasteiger partial charge in [-0.3, -0.25) is 4.98 Å². The van der Waals surface area contributed by atoms with E-state index >= 15 is 0 Å². The lowest BCUT2D eigenvalue weighted by atomic mass is 10.2. The van der Waals surface area contributed by atoms with E-state index in [0.29, 0.717) is 12.8 Å². The van der Waals surface area contributed by atoms with Crippen molar-refractivity contribution in [2.45, 2.75) is 12.8 Å². The summed E-state index contributed by atoms with van der Waals surface area (Å²) in [5.41, 5.74) is 1.02. The molecule has 0 fully saturated rings. The van der Waals surface area contributed by atoms with Gasteiger partial charge in [-0.15, -0.1) is 12.3 Å². The van der Waals surface area contributed by atoms with E-state index in [9.17, 15) is 4.79 Å². The van der Waals surface area contributed by atoms with E-state index in [2.05, 4.69) is 10.9 Å². The number of nitrogens with zero attached hydrogens (tertiary/aromatic N) is 1. The number of carbonyl (C=O) groups is 1. The SMILES string of the molecule is C#CCCc1ccc(C(=O)O)cn1. The highest BCUT2D eigenvalue weighted by Crippen LogP contribution is 2.02. The minimum absolute atomic E-state index is 0.199. The number of pyridine rings is 1. The first kappa shape index (κ1) is 9.27. The van der Waals surface area contributed by atoms with E-state index in [1.54, 1.807) is 6.07 Å². The smallest absolute Gasteiger partial charge is 0.337 e. The molecule has 1 aromatic heterocycles. The van der Waals surface area contributed by atoms with Crippen LogP contribution in [0.3, 0.4) is 0 Å². The Hall–Kier alpha value is -1.82. The van der Waals surface area contributed by atoms with Gasteiger partial charge >= 0.3 is 5.97 Å². The van der Waals surface area contributed by atoms with Crippen LogP contribution in [0, 0.1) is 12.3 Å². The van der Waals surface area contributed by atoms with Gasteiger partial charge in [-0.1, -0.05) is 0 Å². The van der Waals surface area contributed by atoms with Crippen LogP contribution in [0.4, 0.5) is 0 Å². The Morgan fingerprint density at radius 1 is 1.62 bits per heavy atom. The van der Waals surface area contributed by atoms with Gasteiger partial charge in [0, 0.05) is 24.7 Å². The van der Waals surface area contributed by atoms with Crippen molar-refractivity contribution >= 4 is 5.97 Å². The first-order chi connectivity index (χ1) is 6.24. The fourth-order valence-electron chi connectivity index (χ4n) is 0.899. The van der Waals surface area contributed by atoms with E-state index in [1.165, 1.54) is 12.3 Å². The summed E-state index contributed by atoms with van der Waals surface area (Å²) in [7, 11) is 0.